The molecule has 0 aromatic heterocycles. The molecule has 28 heavy (non-hydrogen) atoms. The standard InChI is InChI=1S/C19H29NO7S/c1-11-13-4-5-18(3)25-17-19(13,27-26-18)14(10-15(11)21)12(2)16(24-17)20-6-8-28(22,23)9-7-20/h6,8,11-17,21H,4-5,7,9-10H2,1-3H3/t11-,12+,13?,14?,15+,16+,17?,18-,19+/m0/s1. The topological polar surface area (TPSA) is 94.5 Å². The summed E-state index contributed by atoms with van der Waals surface area (Å²) >= 11 is 0. The van der Waals surface area contributed by atoms with E-state index in [1.165, 1.54) is 5.41 Å². The quantitative estimate of drug-likeness (QED) is 0.642. The number of rotatable bonds is 1. The minimum Gasteiger partial charge on any atom is -0.393 e. The fourth-order valence-corrected chi connectivity index (χ4v) is 6.92. The van der Waals surface area contributed by atoms with Crippen LogP contribution in [0.1, 0.15) is 40.0 Å². The van der Waals surface area contributed by atoms with E-state index in [9.17, 15) is 13.5 Å². The first kappa shape index (κ1) is 19.3. The van der Waals surface area contributed by atoms with Crippen LogP contribution in [0.15, 0.2) is 11.6 Å². The van der Waals surface area contributed by atoms with Crippen molar-refractivity contribution < 1.29 is 32.8 Å². The average Bonchev–Trinajstić information content (AvgIpc) is 2.87. The van der Waals surface area contributed by atoms with Crippen LogP contribution in [0.4, 0.5) is 0 Å². The molecular formula is C19H29NO7S. The van der Waals surface area contributed by atoms with Gasteiger partial charge in [-0.1, -0.05) is 13.8 Å². The van der Waals surface area contributed by atoms with Crippen molar-refractivity contribution >= 4 is 9.84 Å². The zero-order valence-corrected chi connectivity index (χ0v) is 17.3. The van der Waals surface area contributed by atoms with Gasteiger partial charge in [-0.2, -0.15) is 0 Å². The molecule has 1 N–H and O–H groups in total. The fraction of sp³-hybridized carbons (Fsp3) is 0.895. The molecule has 1 aliphatic carbocycles. The first-order chi connectivity index (χ1) is 13.2. The third-order valence-electron chi connectivity index (χ3n) is 7.66. The summed E-state index contributed by atoms with van der Waals surface area (Å²) < 4.78 is 36.3. The molecule has 1 saturated carbocycles. The smallest absolute Gasteiger partial charge is 0.201 e. The molecule has 2 bridgehead atoms. The predicted molar refractivity (Wildman–Crippen MR) is 97.9 cm³/mol. The number of hydrogen-bond acceptors (Lipinski definition) is 8. The van der Waals surface area contributed by atoms with Crippen LogP contribution in [-0.2, 0) is 29.1 Å². The largest absolute Gasteiger partial charge is 0.393 e. The molecule has 158 valence electrons. The Labute approximate surface area is 165 Å². The average molecular weight is 416 g/mol. The van der Waals surface area contributed by atoms with Gasteiger partial charge >= 0.3 is 0 Å². The minimum absolute atomic E-state index is 0.000935. The maximum Gasteiger partial charge on any atom is 0.201 e. The van der Waals surface area contributed by atoms with Crippen LogP contribution in [0.25, 0.3) is 0 Å². The van der Waals surface area contributed by atoms with Crippen molar-refractivity contribution in [2.75, 3.05) is 12.3 Å². The predicted octanol–water partition coefficient (Wildman–Crippen LogP) is 1.37. The van der Waals surface area contributed by atoms with E-state index in [-0.39, 0.29) is 35.7 Å². The molecular weight excluding hydrogens is 386 g/mol. The lowest BCUT2D eigenvalue weighted by atomic mass is 9.57. The number of aliphatic hydroxyl groups is 1. The zero-order valence-electron chi connectivity index (χ0n) is 16.5. The Bertz CT molecular complexity index is 783. The van der Waals surface area contributed by atoms with Crippen LogP contribution in [-0.4, -0.2) is 60.7 Å². The molecule has 0 radical (unpaired) electrons. The van der Waals surface area contributed by atoms with Gasteiger partial charge < -0.3 is 19.5 Å². The van der Waals surface area contributed by atoms with Gasteiger partial charge in [0.15, 0.2) is 21.7 Å². The second-order valence-corrected chi connectivity index (χ2v) is 11.3. The summed E-state index contributed by atoms with van der Waals surface area (Å²) in [5.74, 6) is -0.718. The molecule has 6 aliphatic rings. The maximum atomic E-state index is 11.8. The van der Waals surface area contributed by atoms with Crippen molar-refractivity contribution in [1.29, 1.82) is 0 Å². The molecule has 0 aromatic carbocycles. The van der Waals surface area contributed by atoms with Crippen LogP contribution < -0.4 is 0 Å². The highest BCUT2D eigenvalue weighted by atomic mass is 32.2. The highest BCUT2D eigenvalue weighted by Gasteiger charge is 2.70. The summed E-state index contributed by atoms with van der Waals surface area (Å²) in [6.45, 7) is 6.38. The van der Waals surface area contributed by atoms with E-state index < -0.39 is 33.6 Å². The first-order valence-electron chi connectivity index (χ1n) is 10.2. The number of ether oxygens (including phenoxy) is 2. The van der Waals surface area contributed by atoms with Gasteiger partial charge in [0.25, 0.3) is 0 Å². The molecule has 5 aliphatic heterocycles. The summed E-state index contributed by atoms with van der Waals surface area (Å²) in [5.41, 5.74) is -0.754. The summed E-state index contributed by atoms with van der Waals surface area (Å²) in [6.07, 6.45) is 2.30. The van der Waals surface area contributed by atoms with Gasteiger partial charge in [-0.05, 0) is 25.7 Å². The molecule has 5 fully saturated rings. The molecule has 6 rings (SSSR count). The second-order valence-electron chi connectivity index (χ2n) is 9.29. The number of sulfone groups is 1. The molecule has 4 saturated heterocycles. The Hall–Kier alpha value is -0.710. The van der Waals surface area contributed by atoms with Gasteiger partial charge in [0.1, 0.15) is 6.23 Å². The third kappa shape index (κ3) is 2.63. The van der Waals surface area contributed by atoms with Crippen LogP contribution in [0.2, 0.25) is 0 Å². The summed E-state index contributed by atoms with van der Waals surface area (Å²) in [6, 6.07) is 0. The summed E-state index contributed by atoms with van der Waals surface area (Å²) in [5, 5.41) is 12.1. The second kappa shape index (κ2) is 6.15. The van der Waals surface area contributed by atoms with E-state index in [0.29, 0.717) is 19.4 Å². The van der Waals surface area contributed by atoms with Crippen LogP contribution in [0.3, 0.4) is 0 Å². The Morgan fingerprint density at radius 2 is 1.96 bits per heavy atom. The van der Waals surface area contributed by atoms with Crippen LogP contribution in [0.5, 0.6) is 0 Å². The van der Waals surface area contributed by atoms with E-state index >= 15 is 0 Å². The van der Waals surface area contributed by atoms with Crippen molar-refractivity contribution in [3.05, 3.63) is 11.6 Å². The van der Waals surface area contributed by atoms with Gasteiger partial charge in [-0.15, -0.1) is 0 Å². The number of fused-ring (bicyclic) bond motifs is 2. The van der Waals surface area contributed by atoms with Crippen molar-refractivity contribution in [3.8, 4) is 0 Å². The lowest BCUT2D eigenvalue weighted by molar-refractivity contribution is -0.574. The summed E-state index contributed by atoms with van der Waals surface area (Å²) in [7, 11) is -3.15. The molecule has 9 atom stereocenters. The van der Waals surface area contributed by atoms with Crippen molar-refractivity contribution in [2.24, 2.45) is 23.7 Å². The Kier molecular flexibility index (Phi) is 4.23. The lowest BCUT2D eigenvalue weighted by Gasteiger charge is -2.62. The molecule has 0 amide bonds. The number of aliphatic hydroxyl groups excluding tert-OH is 1. The Balaban J connectivity index is 1.54. The molecule has 9 heteroatoms. The van der Waals surface area contributed by atoms with E-state index in [4.69, 9.17) is 19.2 Å². The van der Waals surface area contributed by atoms with E-state index in [0.717, 1.165) is 6.42 Å². The maximum absolute atomic E-state index is 11.8. The van der Waals surface area contributed by atoms with Gasteiger partial charge in [0.2, 0.25) is 5.79 Å². The van der Waals surface area contributed by atoms with E-state index in [2.05, 4.69) is 13.8 Å². The van der Waals surface area contributed by atoms with Gasteiger partial charge in [0, 0.05) is 42.3 Å². The van der Waals surface area contributed by atoms with Crippen LogP contribution >= 0.6 is 0 Å². The first-order valence-corrected chi connectivity index (χ1v) is 11.9. The van der Waals surface area contributed by atoms with E-state index in [1.807, 2.05) is 11.8 Å². The van der Waals surface area contributed by atoms with Gasteiger partial charge in [0.05, 0.1) is 11.9 Å². The number of hydrogen-bond donors (Lipinski definition) is 1. The number of nitrogens with zero attached hydrogens (tertiary/aromatic N) is 1. The molecule has 8 nitrogen and oxygen atoms in total. The van der Waals surface area contributed by atoms with E-state index in [1.54, 1.807) is 6.20 Å². The third-order valence-corrected chi connectivity index (χ3v) is 8.95. The van der Waals surface area contributed by atoms with Crippen molar-refractivity contribution in [3.63, 3.8) is 0 Å². The van der Waals surface area contributed by atoms with Crippen molar-refractivity contribution in [2.45, 2.75) is 70.0 Å². The highest BCUT2D eigenvalue weighted by molar-refractivity contribution is 7.94. The normalized spacial score (nSPS) is 54.9. The SMILES string of the molecule is C[C@@H]1C2C[C@@H](O)[C@@H](C)C3CC[C@]4(C)OO[C@@]23C(O[C@H]1N1C=CS(=O)(=O)CC1)O4. The Morgan fingerprint density at radius 3 is 2.68 bits per heavy atom. The molecule has 3 unspecified atom stereocenters. The zero-order chi connectivity index (χ0) is 19.9. The lowest BCUT2D eigenvalue weighted by Crippen LogP contribution is -2.73. The molecule has 5 heterocycles. The molecule has 1 spiro atoms. The van der Waals surface area contributed by atoms with Gasteiger partial charge in [-0.25, -0.2) is 18.2 Å². The van der Waals surface area contributed by atoms with Gasteiger partial charge in [-0.3, -0.25) is 0 Å². The fourth-order valence-electron chi connectivity index (χ4n) is 5.98. The Morgan fingerprint density at radius 1 is 1.18 bits per heavy atom. The van der Waals surface area contributed by atoms with Crippen molar-refractivity contribution in [1.82, 2.24) is 4.90 Å². The molecule has 0 aromatic rings. The monoisotopic (exact) mass is 415 g/mol. The highest BCUT2D eigenvalue weighted by Crippen LogP contribution is 2.60. The van der Waals surface area contributed by atoms with Crippen LogP contribution in [0, 0.1) is 23.7 Å². The summed E-state index contributed by atoms with van der Waals surface area (Å²) in [4.78, 5) is 13.8. The minimum atomic E-state index is -3.15.